The number of aliphatic hydroxyl groups excluding tert-OH is 2. The number of imide groups is 1. The van der Waals surface area contributed by atoms with Crippen LogP contribution >= 0.6 is 0 Å². The predicted octanol–water partition coefficient (Wildman–Crippen LogP) is 1.81. The van der Waals surface area contributed by atoms with Crippen molar-refractivity contribution in [2.24, 2.45) is 17.8 Å². The minimum Gasteiger partial charge on any atom is -0.396 e. The van der Waals surface area contributed by atoms with E-state index in [4.69, 9.17) is 11.3 Å². The molecule has 30 heavy (non-hydrogen) atoms. The minimum atomic E-state index is -1.19. The summed E-state index contributed by atoms with van der Waals surface area (Å²) >= 11 is 0. The van der Waals surface area contributed by atoms with Gasteiger partial charge in [-0.15, -0.1) is 0 Å². The Morgan fingerprint density at radius 1 is 1.33 bits per heavy atom. The van der Waals surface area contributed by atoms with Crippen molar-refractivity contribution in [3.05, 3.63) is 41.9 Å². The Bertz CT molecular complexity index is 1140. The maximum absolute atomic E-state index is 13.6. The summed E-state index contributed by atoms with van der Waals surface area (Å²) in [5.74, 6) is -2.88. The number of amides is 2. The highest BCUT2D eigenvalue weighted by Crippen LogP contribution is 2.63. The van der Waals surface area contributed by atoms with Crippen LogP contribution in [0.2, 0.25) is 0 Å². The van der Waals surface area contributed by atoms with E-state index >= 15 is 0 Å². The van der Waals surface area contributed by atoms with Gasteiger partial charge in [-0.2, -0.15) is 0 Å². The van der Waals surface area contributed by atoms with Crippen molar-refractivity contribution in [1.29, 1.82) is 0 Å². The van der Waals surface area contributed by atoms with Gasteiger partial charge in [0.15, 0.2) is 0 Å². The summed E-state index contributed by atoms with van der Waals surface area (Å²) in [6.45, 7) is 10.6. The molecule has 8 heteroatoms. The second kappa shape index (κ2) is 6.08. The van der Waals surface area contributed by atoms with Gasteiger partial charge in [0.2, 0.25) is 17.5 Å². The molecule has 4 heterocycles. The molecule has 0 saturated carbocycles. The van der Waals surface area contributed by atoms with Gasteiger partial charge >= 0.3 is 0 Å². The van der Waals surface area contributed by atoms with Crippen molar-refractivity contribution < 1.29 is 24.5 Å². The molecule has 2 bridgehead atoms. The molecule has 154 valence electrons. The van der Waals surface area contributed by atoms with Crippen LogP contribution in [0.5, 0.6) is 0 Å². The second-order valence-corrected chi connectivity index (χ2v) is 8.63. The van der Waals surface area contributed by atoms with E-state index < -0.39 is 46.9 Å². The molecule has 2 amide bonds. The molecule has 8 nitrogen and oxygen atoms in total. The molecular weight excluding hydrogens is 386 g/mol. The quantitative estimate of drug-likeness (QED) is 0.594. The third-order valence-corrected chi connectivity index (χ3v) is 7.23. The molecule has 0 spiro atoms. The highest BCUT2D eigenvalue weighted by molar-refractivity contribution is 6.26. The summed E-state index contributed by atoms with van der Waals surface area (Å²) in [5, 5.41) is 21.1. The third-order valence-electron chi connectivity index (χ3n) is 7.23. The maximum Gasteiger partial charge on any atom is 0.240 e. The van der Waals surface area contributed by atoms with Gasteiger partial charge in [0, 0.05) is 30.5 Å². The topological polar surface area (TPSA) is 104 Å². The number of carbonyl (C=O) groups is 2. The molecule has 0 radical (unpaired) electrons. The summed E-state index contributed by atoms with van der Waals surface area (Å²) in [4.78, 5) is 36.1. The molecule has 2 N–H and O–H groups in total. The summed E-state index contributed by atoms with van der Waals surface area (Å²) < 4.78 is 6.20. The van der Waals surface area contributed by atoms with Crippen molar-refractivity contribution in [2.75, 3.05) is 11.5 Å². The first-order valence-corrected chi connectivity index (χ1v) is 9.92. The van der Waals surface area contributed by atoms with E-state index in [1.54, 1.807) is 44.3 Å². The van der Waals surface area contributed by atoms with Gasteiger partial charge in [0.1, 0.15) is 5.60 Å². The molecule has 3 saturated heterocycles. The number of ether oxygens (including phenoxy) is 1. The van der Waals surface area contributed by atoms with Crippen LogP contribution in [0.15, 0.2) is 30.5 Å². The first-order chi connectivity index (χ1) is 14.3. The molecule has 1 aromatic heterocycles. The lowest BCUT2D eigenvalue weighted by Crippen LogP contribution is -2.51. The molecule has 3 unspecified atom stereocenters. The summed E-state index contributed by atoms with van der Waals surface area (Å²) in [6.07, 6.45) is 0.845. The van der Waals surface area contributed by atoms with Gasteiger partial charge in [0.25, 0.3) is 0 Å². The Kier molecular flexibility index (Phi) is 3.87. The highest BCUT2D eigenvalue weighted by Gasteiger charge is 2.78. The van der Waals surface area contributed by atoms with E-state index in [2.05, 4.69) is 9.83 Å². The standard InChI is InChI=1S/C22H21N3O5/c1-11(10-26)22-9-15(27)21(2,30-22)16-17(22)20(29)25(19(16)28)14-7-6-13(23-3)18-12(14)5-4-8-24-18/h4-8,11,15-17,26-27H,9-10H2,1-2H3/t11?,15-,16-,17+,21?,22?/m1/s1. The number of nitrogens with zero attached hydrogens (tertiary/aromatic N) is 3. The molecule has 3 fully saturated rings. The first kappa shape index (κ1) is 19.1. The van der Waals surface area contributed by atoms with E-state index in [0.717, 1.165) is 4.90 Å². The van der Waals surface area contributed by atoms with Crippen molar-refractivity contribution in [2.45, 2.75) is 37.6 Å². The Balaban J connectivity index is 1.69. The normalized spacial score (nSPS) is 35.7. The monoisotopic (exact) mass is 407 g/mol. The molecule has 3 aliphatic heterocycles. The van der Waals surface area contributed by atoms with Crippen molar-refractivity contribution in [3.8, 4) is 0 Å². The Morgan fingerprint density at radius 3 is 2.77 bits per heavy atom. The number of carbonyl (C=O) groups excluding carboxylic acids is 2. The third kappa shape index (κ3) is 2.07. The zero-order chi connectivity index (χ0) is 21.4. The van der Waals surface area contributed by atoms with Gasteiger partial charge in [-0.3, -0.25) is 14.6 Å². The molecular formula is C22H21N3O5. The lowest BCUT2D eigenvalue weighted by atomic mass is 9.63. The second-order valence-electron chi connectivity index (χ2n) is 8.63. The van der Waals surface area contributed by atoms with Crippen molar-refractivity contribution in [3.63, 3.8) is 0 Å². The van der Waals surface area contributed by atoms with Crippen LogP contribution in [0, 0.1) is 24.3 Å². The molecule has 2 aromatic rings. The van der Waals surface area contributed by atoms with E-state index in [1.165, 1.54) is 0 Å². The lowest BCUT2D eigenvalue weighted by molar-refractivity contribution is -0.138. The smallest absolute Gasteiger partial charge is 0.240 e. The zero-order valence-electron chi connectivity index (χ0n) is 16.6. The number of hydrogen-bond donors (Lipinski definition) is 2. The number of hydrogen-bond acceptors (Lipinski definition) is 6. The Labute approximate surface area is 172 Å². The number of aromatic nitrogens is 1. The van der Waals surface area contributed by atoms with Crippen LogP contribution in [0.1, 0.15) is 20.3 Å². The van der Waals surface area contributed by atoms with Crippen LogP contribution in [-0.2, 0) is 14.3 Å². The fourth-order valence-electron chi connectivity index (χ4n) is 5.65. The SMILES string of the molecule is [C-]#[N+]c1ccc(N2C(=O)[C@@H]3[C@H](C2=O)C2(C)OC3(C(C)CO)C[C@H]2O)c2cccnc12. The van der Waals surface area contributed by atoms with E-state index in [1.807, 2.05) is 0 Å². The van der Waals surface area contributed by atoms with Crippen LogP contribution in [0.3, 0.4) is 0 Å². The summed E-state index contributed by atoms with van der Waals surface area (Å²) in [6, 6.07) is 6.57. The average Bonchev–Trinajstić information content (AvgIpc) is 3.29. The summed E-state index contributed by atoms with van der Waals surface area (Å²) in [7, 11) is 0. The lowest BCUT2D eigenvalue weighted by Gasteiger charge is -2.36. The van der Waals surface area contributed by atoms with Gasteiger partial charge in [-0.05, 0) is 19.1 Å². The van der Waals surface area contributed by atoms with Gasteiger partial charge in [0.05, 0.1) is 41.3 Å². The molecule has 6 atom stereocenters. The van der Waals surface area contributed by atoms with Crippen molar-refractivity contribution >= 4 is 34.1 Å². The summed E-state index contributed by atoms with van der Waals surface area (Å²) in [5.41, 5.74) is -1.16. The van der Waals surface area contributed by atoms with E-state index in [-0.39, 0.29) is 13.0 Å². The molecule has 3 aliphatic rings. The Hall–Kier alpha value is -2.86. The average molecular weight is 407 g/mol. The fourth-order valence-corrected chi connectivity index (χ4v) is 5.65. The fraction of sp³-hybridized carbons (Fsp3) is 0.455. The zero-order valence-corrected chi connectivity index (χ0v) is 16.6. The van der Waals surface area contributed by atoms with Crippen LogP contribution in [-0.4, -0.2) is 50.9 Å². The van der Waals surface area contributed by atoms with Crippen LogP contribution in [0.25, 0.3) is 15.7 Å². The molecule has 5 rings (SSSR count). The largest absolute Gasteiger partial charge is 0.396 e. The first-order valence-electron chi connectivity index (χ1n) is 9.92. The van der Waals surface area contributed by atoms with E-state index in [0.29, 0.717) is 22.3 Å². The van der Waals surface area contributed by atoms with Gasteiger partial charge in [-0.25, -0.2) is 9.74 Å². The minimum absolute atomic E-state index is 0.193. The highest BCUT2D eigenvalue weighted by atomic mass is 16.6. The van der Waals surface area contributed by atoms with Gasteiger partial charge in [-0.1, -0.05) is 19.1 Å². The number of fused-ring (bicyclic) bond motifs is 6. The van der Waals surface area contributed by atoms with Gasteiger partial charge < -0.3 is 14.9 Å². The van der Waals surface area contributed by atoms with E-state index in [9.17, 15) is 19.8 Å². The Morgan fingerprint density at radius 2 is 2.07 bits per heavy atom. The van der Waals surface area contributed by atoms with Crippen molar-refractivity contribution in [1.82, 2.24) is 4.98 Å². The van der Waals surface area contributed by atoms with Crippen LogP contribution in [0.4, 0.5) is 11.4 Å². The number of rotatable bonds is 3. The number of benzene rings is 1. The number of aliphatic hydroxyl groups is 2. The van der Waals surface area contributed by atoms with Crippen LogP contribution < -0.4 is 4.90 Å². The molecule has 0 aliphatic carbocycles. The molecule has 1 aromatic carbocycles. The number of anilines is 1. The number of pyridine rings is 1. The maximum atomic E-state index is 13.6. The predicted molar refractivity (Wildman–Crippen MR) is 107 cm³/mol.